The molecule has 0 aromatic rings. The van der Waals surface area contributed by atoms with Gasteiger partial charge < -0.3 is 32.9 Å². The van der Waals surface area contributed by atoms with Crippen LogP contribution in [0.3, 0.4) is 0 Å². The van der Waals surface area contributed by atoms with Gasteiger partial charge in [-0.05, 0) is 77.0 Å². The molecule has 0 rings (SSSR count). The van der Waals surface area contributed by atoms with Crippen LogP contribution in [0.25, 0.3) is 0 Å². The standard InChI is InChI=1S/C54H106NO7/c1-6-8-10-12-14-16-18-20-22-24-25-27-29-31-33-35-39-43-60-52-53(61-44-40-36-34-32-30-28-26-23-21-19-17-15-13-11-9-7-2)51-55(3,4)42-38-37-41-54(56)62-50-49-59-48-47-58-46-45-57-5/h20-23,53H,6-19,24-52H2,1-5H3/q+1/b22-20-,23-21-. The van der Waals surface area contributed by atoms with Crippen molar-refractivity contribution < 1.29 is 37.7 Å². The first-order valence-electron chi connectivity index (χ1n) is 26.6. The number of carbonyl (C=O) groups excluding carboxylic acids is 1. The van der Waals surface area contributed by atoms with Crippen LogP contribution in [0.5, 0.6) is 0 Å². The van der Waals surface area contributed by atoms with Crippen LogP contribution in [0.2, 0.25) is 0 Å². The lowest BCUT2D eigenvalue weighted by Gasteiger charge is -2.33. The summed E-state index contributed by atoms with van der Waals surface area (Å²) >= 11 is 0. The fourth-order valence-corrected chi connectivity index (χ4v) is 7.80. The average Bonchev–Trinajstić information content (AvgIpc) is 3.26. The molecule has 0 amide bonds. The van der Waals surface area contributed by atoms with E-state index in [1.807, 2.05) is 0 Å². The molecule has 0 aliphatic carbocycles. The van der Waals surface area contributed by atoms with E-state index in [-0.39, 0.29) is 18.7 Å². The van der Waals surface area contributed by atoms with E-state index < -0.39 is 0 Å². The second-order valence-corrected chi connectivity index (χ2v) is 18.5. The van der Waals surface area contributed by atoms with E-state index >= 15 is 0 Å². The summed E-state index contributed by atoms with van der Waals surface area (Å²) in [6, 6.07) is 0. The van der Waals surface area contributed by atoms with Crippen LogP contribution in [0.1, 0.15) is 219 Å². The normalized spacial score (nSPS) is 12.7. The number of likely N-dealkylation sites (N-methyl/N-ethyl adjacent to an activating group) is 1. The molecule has 0 saturated carbocycles. The highest BCUT2D eigenvalue weighted by Gasteiger charge is 2.23. The molecule has 0 aromatic heterocycles. The molecule has 0 bridgehead atoms. The first-order chi connectivity index (χ1) is 30.4. The Bertz CT molecular complexity index is 942. The summed E-state index contributed by atoms with van der Waals surface area (Å²) in [6.45, 7) is 11.6. The number of hydrogen-bond donors (Lipinski definition) is 0. The minimum atomic E-state index is -0.151. The maximum Gasteiger partial charge on any atom is 0.305 e. The summed E-state index contributed by atoms with van der Waals surface area (Å²) in [5, 5.41) is 0. The van der Waals surface area contributed by atoms with Crippen molar-refractivity contribution in [3.8, 4) is 0 Å². The van der Waals surface area contributed by atoms with Crippen molar-refractivity contribution in [1.82, 2.24) is 0 Å². The van der Waals surface area contributed by atoms with Gasteiger partial charge in [-0.2, -0.15) is 0 Å². The number of allylic oxidation sites excluding steroid dienone is 4. The van der Waals surface area contributed by atoms with Gasteiger partial charge in [-0.25, -0.2) is 0 Å². The molecule has 62 heavy (non-hydrogen) atoms. The molecule has 8 heteroatoms. The molecule has 0 aromatic carbocycles. The zero-order valence-corrected chi connectivity index (χ0v) is 42.1. The van der Waals surface area contributed by atoms with Gasteiger partial charge in [0.05, 0.1) is 60.3 Å². The number of methoxy groups -OCH3 is 1. The number of hydrogen-bond acceptors (Lipinski definition) is 7. The Labute approximate surface area is 386 Å². The highest BCUT2D eigenvalue weighted by Crippen LogP contribution is 2.14. The van der Waals surface area contributed by atoms with E-state index in [1.54, 1.807) is 7.11 Å². The highest BCUT2D eigenvalue weighted by molar-refractivity contribution is 5.69. The number of nitrogens with zero attached hydrogens (tertiary/aromatic N) is 1. The number of carbonyl (C=O) groups is 1. The van der Waals surface area contributed by atoms with Gasteiger partial charge in [0.2, 0.25) is 0 Å². The Hall–Kier alpha value is -1.29. The van der Waals surface area contributed by atoms with E-state index in [2.05, 4.69) is 52.2 Å². The van der Waals surface area contributed by atoms with Gasteiger partial charge in [0.25, 0.3) is 0 Å². The van der Waals surface area contributed by atoms with Crippen LogP contribution in [0.4, 0.5) is 0 Å². The van der Waals surface area contributed by atoms with E-state index in [1.165, 1.54) is 173 Å². The summed E-state index contributed by atoms with van der Waals surface area (Å²) in [7, 11) is 6.21. The van der Waals surface area contributed by atoms with E-state index in [0.717, 1.165) is 56.5 Å². The predicted octanol–water partition coefficient (Wildman–Crippen LogP) is 14.3. The Morgan fingerprint density at radius 1 is 0.452 bits per heavy atom. The van der Waals surface area contributed by atoms with Crippen LogP contribution in [0, 0.1) is 0 Å². The Balaban J connectivity index is 4.32. The monoisotopic (exact) mass is 881 g/mol. The summed E-state index contributed by atoms with van der Waals surface area (Å²) in [5.41, 5.74) is 0. The van der Waals surface area contributed by atoms with Crippen LogP contribution in [-0.4, -0.2) is 110 Å². The third-order valence-electron chi connectivity index (χ3n) is 11.8. The van der Waals surface area contributed by atoms with Crippen molar-refractivity contribution in [2.75, 3.05) is 93.8 Å². The third-order valence-corrected chi connectivity index (χ3v) is 11.8. The van der Waals surface area contributed by atoms with Gasteiger partial charge in [0.15, 0.2) is 0 Å². The summed E-state index contributed by atoms with van der Waals surface area (Å²) in [5.74, 6) is -0.151. The number of unbranched alkanes of at least 4 members (excludes halogenated alkanes) is 26. The van der Waals surface area contributed by atoms with Gasteiger partial charge >= 0.3 is 5.97 Å². The molecule has 0 heterocycles. The summed E-state index contributed by atoms with van der Waals surface area (Å²) in [6.07, 6.45) is 50.3. The summed E-state index contributed by atoms with van der Waals surface area (Å²) < 4.78 is 34.8. The van der Waals surface area contributed by atoms with Crippen molar-refractivity contribution in [2.24, 2.45) is 0 Å². The lowest BCUT2D eigenvalue weighted by atomic mass is 10.1. The fraction of sp³-hybridized carbons (Fsp3) is 0.907. The molecule has 0 N–H and O–H groups in total. The molecule has 8 nitrogen and oxygen atoms in total. The minimum absolute atomic E-state index is 0.0864. The molecule has 368 valence electrons. The quantitative estimate of drug-likeness (QED) is 0.0261. The largest absolute Gasteiger partial charge is 0.463 e. The molecule has 0 radical (unpaired) electrons. The predicted molar refractivity (Wildman–Crippen MR) is 264 cm³/mol. The smallest absolute Gasteiger partial charge is 0.305 e. The Morgan fingerprint density at radius 2 is 0.871 bits per heavy atom. The molecular weight excluding hydrogens is 775 g/mol. The zero-order valence-electron chi connectivity index (χ0n) is 42.1. The number of esters is 1. The molecule has 0 aliphatic rings. The molecule has 0 spiro atoms. The molecule has 0 fully saturated rings. The maximum absolute atomic E-state index is 12.3. The second-order valence-electron chi connectivity index (χ2n) is 18.5. The minimum Gasteiger partial charge on any atom is -0.463 e. The van der Waals surface area contributed by atoms with Crippen molar-refractivity contribution in [3.05, 3.63) is 24.3 Å². The van der Waals surface area contributed by atoms with Gasteiger partial charge in [-0.15, -0.1) is 0 Å². The lowest BCUT2D eigenvalue weighted by molar-refractivity contribution is -0.893. The van der Waals surface area contributed by atoms with E-state index in [9.17, 15) is 4.79 Å². The zero-order chi connectivity index (χ0) is 45.1. The third kappa shape index (κ3) is 49.7. The SMILES string of the molecule is CCCCCCCC/C=C\CCCCCCCCCOCC(C[N+](C)(C)CCCCC(=O)OCCOCCOCCOC)OCCCCCCCC/C=C\CCCCCCCC. The average molecular weight is 881 g/mol. The number of rotatable bonds is 52. The van der Waals surface area contributed by atoms with Gasteiger partial charge in [-0.1, -0.05) is 160 Å². The molecule has 1 atom stereocenters. The highest BCUT2D eigenvalue weighted by atomic mass is 16.6. The Morgan fingerprint density at radius 3 is 1.35 bits per heavy atom. The second kappa shape index (κ2) is 50.7. The van der Waals surface area contributed by atoms with Crippen molar-refractivity contribution >= 4 is 5.97 Å². The van der Waals surface area contributed by atoms with Gasteiger partial charge in [-0.3, -0.25) is 4.79 Å². The maximum atomic E-state index is 12.3. The molecule has 0 aliphatic heterocycles. The van der Waals surface area contributed by atoms with E-state index in [4.69, 9.17) is 28.4 Å². The molecule has 0 saturated heterocycles. The van der Waals surface area contributed by atoms with Gasteiger partial charge in [0, 0.05) is 26.7 Å². The lowest BCUT2D eigenvalue weighted by Crippen LogP contribution is -2.48. The topological polar surface area (TPSA) is 72.5 Å². The van der Waals surface area contributed by atoms with Crippen molar-refractivity contribution in [3.63, 3.8) is 0 Å². The van der Waals surface area contributed by atoms with Crippen LogP contribution >= 0.6 is 0 Å². The number of ether oxygens (including phenoxy) is 6. The van der Waals surface area contributed by atoms with Crippen molar-refractivity contribution in [1.29, 1.82) is 0 Å². The fourth-order valence-electron chi connectivity index (χ4n) is 7.80. The Kier molecular flexibility index (Phi) is 49.7. The first-order valence-corrected chi connectivity index (χ1v) is 26.6. The van der Waals surface area contributed by atoms with Crippen molar-refractivity contribution in [2.45, 2.75) is 225 Å². The van der Waals surface area contributed by atoms with Crippen LogP contribution in [-0.2, 0) is 33.2 Å². The molecule has 1 unspecified atom stereocenters. The van der Waals surface area contributed by atoms with Gasteiger partial charge in [0.1, 0.15) is 19.3 Å². The first kappa shape index (κ1) is 60.7. The molecular formula is C54H106NO7+. The van der Waals surface area contributed by atoms with E-state index in [0.29, 0.717) is 46.1 Å². The number of quaternary nitrogens is 1. The summed E-state index contributed by atoms with van der Waals surface area (Å²) in [4.78, 5) is 12.3. The van der Waals surface area contributed by atoms with Crippen LogP contribution < -0.4 is 0 Å². The van der Waals surface area contributed by atoms with Crippen LogP contribution in [0.15, 0.2) is 24.3 Å².